The fraction of sp³-hybridized carbons (Fsp3) is 0.652. The maximum atomic E-state index is 11.7. The van der Waals surface area contributed by atoms with Gasteiger partial charge in [-0.1, -0.05) is 37.3 Å². The van der Waals surface area contributed by atoms with Crippen molar-refractivity contribution in [1.29, 1.82) is 0 Å². The van der Waals surface area contributed by atoms with Gasteiger partial charge in [0.25, 0.3) is 0 Å². The Hall–Kier alpha value is -2.08. The number of piperidine rings is 2. The minimum atomic E-state index is -0.220. The second kappa shape index (κ2) is 10.6. The van der Waals surface area contributed by atoms with Crippen molar-refractivity contribution in [2.75, 3.05) is 39.8 Å². The Morgan fingerprint density at radius 3 is 2.79 bits per heavy atom. The van der Waals surface area contributed by atoms with Crippen molar-refractivity contribution in [2.24, 2.45) is 16.8 Å². The molecular formula is C23H36N4O2. The predicted octanol–water partition coefficient (Wildman–Crippen LogP) is 2.75. The Morgan fingerprint density at radius 2 is 2.07 bits per heavy atom. The molecule has 6 nitrogen and oxygen atoms in total. The summed E-state index contributed by atoms with van der Waals surface area (Å²) < 4.78 is 4.83. The molecule has 6 heteroatoms. The summed E-state index contributed by atoms with van der Waals surface area (Å²) in [4.78, 5) is 21.5. The van der Waals surface area contributed by atoms with E-state index < -0.39 is 0 Å². The molecule has 3 atom stereocenters. The number of nitrogens with one attached hydrogen (secondary N) is 1. The lowest BCUT2D eigenvalue weighted by molar-refractivity contribution is -0.144. The van der Waals surface area contributed by atoms with Crippen LogP contribution in [-0.4, -0.2) is 67.6 Å². The molecule has 2 saturated heterocycles. The molecular weight excluding hydrogens is 364 g/mol. The molecule has 2 fully saturated rings. The van der Waals surface area contributed by atoms with Crippen LogP contribution in [0, 0.1) is 11.8 Å². The predicted molar refractivity (Wildman–Crippen MR) is 117 cm³/mol. The monoisotopic (exact) mass is 400 g/mol. The van der Waals surface area contributed by atoms with Crippen molar-refractivity contribution in [3.05, 3.63) is 35.9 Å². The largest absolute Gasteiger partial charge is 0.469 e. The number of aliphatic imine (C=N–C) groups is 1. The molecule has 0 saturated carbocycles. The molecule has 0 aromatic heterocycles. The highest BCUT2D eigenvalue weighted by Crippen LogP contribution is 2.31. The fourth-order valence-electron chi connectivity index (χ4n) is 4.64. The number of methoxy groups -OCH3 is 1. The summed E-state index contributed by atoms with van der Waals surface area (Å²) in [7, 11) is 1.43. The van der Waals surface area contributed by atoms with E-state index in [1.165, 1.54) is 32.1 Å². The van der Waals surface area contributed by atoms with Gasteiger partial charge in [0.1, 0.15) is 0 Å². The summed E-state index contributed by atoms with van der Waals surface area (Å²) in [5, 5.41) is 3.42. The van der Waals surface area contributed by atoms with Crippen LogP contribution in [0.25, 0.3) is 0 Å². The SMILES string of the molecule is CCNC(=NCC(C)C(=O)OC)N1CCC2C(CCCN2Cc2ccccc2)C1. The number of carbonyl (C=O) groups is 1. The highest BCUT2D eigenvalue weighted by Gasteiger charge is 2.36. The minimum absolute atomic E-state index is 0.202. The van der Waals surface area contributed by atoms with Crippen LogP contribution in [0.4, 0.5) is 0 Å². The van der Waals surface area contributed by atoms with Crippen molar-refractivity contribution in [2.45, 2.75) is 45.7 Å². The molecule has 1 aromatic rings. The van der Waals surface area contributed by atoms with Crippen molar-refractivity contribution in [3.63, 3.8) is 0 Å². The molecule has 160 valence electrons. The van der Waals surface area contributed by atoms with E-state index in [1.54, 1.807) is 0 Å². The van der Waals surface area contributed by atoms with E-state index in [4.69, 9.17) is 9.73 Å². The zero-order valence-corrected chi connectivity index (χ0v) is 18.1. The van der Waals surface area contributed by atoms with Gasteiger partial charge in [0.2, 0.25) is 0 Å². The molecule has 1 aromatic carbocycles. The quantitative estimate of drug-likeness (QED) is 0.452. The van der Waals surface area contributed by atoms with Crippen LogP contribution in [-0.2, 0) is 16.1 Å². The van der Waals surface area contributed by atoms with E-state index in [1.807, 2.05) is 6.92 Å². The lowest BCUT2D eigenvalue weighted by atomic mass is 9.83. The Bertz CT molecular complexity index is 679. The second-order valence-electron chi connectivity index (χ2n) is 8.28. The number of esters is 1. The van der Waals surface area contributed by atoms with Crippen LogP contribution >= 0.6 is 0 Å². The zero-order valence-electron chi connectivity index (χ0n) is 18.1. The number of fused-ring (bicyclic) bond motifs is 1. The van der Waals surface area contributed by atoms with Gasteiger partial charge in [0.05, 0.1) is 19.6 Å². The summed E-state index contributed by atoms with van der Waals surface area (Å²) in [5.41, 5.74) is 1.40. The van der Waals surface area contributed by atoms with E-state index in [0.29, 0.717) is 18.5 Å². The Morgan fingerprint density at radius 1 is 1.28 bits per heavy atom. The van der Waals surface area contributed by atoms with Crippen LogP contribution in [0.2, 0.25) is 0 Å². The Kier molecular flexibility index (Phi) is 7.92. The summed E-state index contributed by atoms with van der Waals surface area (Å²) in [6, 6.07) is 11.5. The van der Waals surface area contributed by atoms with Crippen LogP contribution in [0.5, 0.6) is 0 Å². The molecule has 3 rings (SSSR count). The van der Waals surface area contributed by atoms with Gasteiger partial charge in [-0.3, -0.25) is 14.7 Å². The number of hydrogen-bond donors (Lipinski definition) is 1. The maximum absolute atomic E-state index is 11.7. The van der Waals surface area contributed by atoms with Crippen molar-refractivity contribution >= 4 is 11.9 Å². The molecule has 0 bridgehead atoms. The number of carbonyl (C=O) groups excluding carboxylic acids is 1. The first-order valence-corrected chi connectivity index (χ1v) is 11.0. The Balaban J connectivity index is 1.63. The lowest BCUT2D eigenvalue weighted by Crippen LogP contribution is -2.56. The average Bonchev–Trinajstić information content (AvgIpc) is 2.76. The number of nitrogens with zero attached hydrogens (tertiary/aromatic N) is 3. The molecule has 0 spiro atoms. The van der Waals surface area contributed by atoms with Crippen molar-refractivity contribution in [3.8, 4) is 0 Å². The van der Waals surface area contributed by atoms with E-state index in [0.717, 1.165) is 38.6 Å². The van der Waals surface area contributed by atoms with Crippen LogP contribution < -0.4 is 5.32 Å². The van der Waals surface area contributed by atoms with Gasteiger partial charge in [-0.15, -0.1) is 0 Å². The Labute approximate surface area is 175 Å². The number of guanidine groups is 1. The van der Waals surface area contributed by atoms with Gasteiger partial charge in [-0.2, -0.15) is 0 Å². The van der Waals surface area contributed by atoms with Crippen molar-refractivity contribution in [1.82, 2.24) is 15.1 Å². The van der Waals surface area contributed by atoms with Crippen LogP contribution in [0.1, 0.15) is 38.7 Å². The fourth-order valence-corrected chi connectivity index (χ4v) is 4.64. The molecule has 2 aliphatic heterocycles. The third kappa shape index (κ3) is 5.72. The second-order valence-corrected chi connectivity index (χ2v) is 8.28. The molecule has 0 aliphatic carbocycles. The first-order chi connectivity index (χ1) is 14.1. The normalized spacial score (nSPS) is 24.0. The van der Waals surface area contributed by atoms with Gasteiger partial charge in [-0.05, 0) is 44.2 Å². The van der Waals surface area contributed by atoms with E-state index in [2.05, 4.69) is 52.4 Å². The highest BCUT2D eigenvalue weighted by atomic mass is 16.5. The van der Waals surface area contributed by atoms with E-state index in [9.17, 15) is 4.79 Å². The number of benzene rings is 1. The van der Waals surface area contributed by atoms with Gasteiger partial charge in [-0.25, -0.2) is 0 Å². The zero-order chi connectivity index (χ0) is 20.6. The number of ether oxygens (including phenoxy) is 1. The molecule has 2 aliphatic rings. The van der Waals surface area contributed by atoms with Crippen molar-refractivity contribution < 1.29 is 9.53 Å². The smallest absolute Gasteiger partial charge is 0.310 e. The number of hydrogen-bond acceptors (Lipinski definition) is 4. The van der Waals surface area contributed by atoms with Crippen LogP contribution in [0.15, 0.2) is 35.3 Å². The third-order valence-corrected chi connectivity index (χ3v) is 6.16. The maximum Gasteiger partial charge on any atom is 0.310 e. The minimum Gasteiger partial charge on any atom is -0.469 e. The summed E-state index contributed by atoms with van der Waals surface area (Å²) in [6.07, 6.45) is 3.70. The highest BCUT2D eigenvalue weighted by molar-refractivity contribution is 5.80. The molecule has 1 N–H and O–H groups in total. The third-order valence-electron chi connectivity index (χ3n) is 6.16. The summed E-state index contributed by atoms with van der Waals surface area (Å²) in [6.45, 7) is 9.53. The number of rotatable bonds is 6. The summed E-state index contributed by atoms with van der Waals surface area (Å²) in [5.74, 6) is 1.18. The lowest BCUT2D eigenvalue weighted by Gasteiger charge is -2.48. The van der Waals surface area contributed by atoms with Gasteiger partial charge in [0.15, 0.2) is 5.96 Å². The molecule has 0 amide bonds. The number of likely N-dealkylation sites (tertiary alicyclic amines) is 2. The van der Waals surface area contributed by atoms with E-state index >= 15 is 0 Å². The average molecular weight is 401 g/mol. The standard InChI is InChI=1S/C23H36N4O2/c1-4-24-23(25-15-18(2)22(28)29-3)27-14-12-21-20(17-27)11-8-13-26(21)16-19-9-6-5-7-10-19/h5-7,9-10,18,20-21H,4,8,11-17H2,1-3H3,(H,24,25). The molecule has 29 heavy (non-hydrogen) atoms. The van der Waals surface area contributed by atoms with Gasteiger partial charge >= 0.3 is 5.97 Å². The summed E-state index contributed by atoms with van der Waals surface area (Å²) >= 11 is 0. The van der Waals surface area contributed by atoms with E-state index in [-0.39, 0.29) is 11.9 Å². The molecule has 2 heterocycles. The molecule has 0 radical (unpaired) electrons. The first-order valence-electron chi connectivity index (χ1n) is 11.0. The molecule has 3 unspecified atom stereocenters. The van der Waals surface area contributed by atoms with Gasteiger partial charge in [0, 0.05) is 32.2 Å². The van der Waals surface area contributed by atoms with Gasteiger partial charge < -0.3 is 15.0 Å². The first kappa shape index (κ1) is 21.6. The topological polar surface area (TPSA) is 57.2 Å². The van der Waals surface area contributed by atoms with Crippen LogP contribution in [0.3, 0.4) is 0 Å².